The number of nitrogens with one attached hydrogen (secondary N) is 1. The van der Waals surface area contributed by atoms with E-state index in [9.17, 15) is 9.18 Å². The fraction of sp³-hybridized carbons (Fsp3) is 0.562. The van der Waals surface area contributed by atoms with E-state index >= 15 is 0 Å². The monoisotopic (exact) mass is 279 g/mol. The molecule has 2 rings (SSSR count). The maximum atomic E-state index is 13.3. The lowest BCUT2D eigenvalue weighted by atomic mass is 10.1. The van der Waals surface area contributed by atoms with Crippen LogP contribution in [0.5, 0.6) is 5.75 Å². The van der Waals surface area contributed by atoms with Crippen molar-refractivity contribution in [2.75, 3.05) is 7.11 Å². The van der Waals surface area contributed by atoms with E-state index in [4.69, 9.17) is 4.74 Å². The van der Waals surface area contributed by atoms with Crippen molar-refractivity contribution in [2.24, 2.45) is 0 Å². The van der Waals surface area contributed by atoms with Gasteiger partial charge in [-0.25, -0.2) is 4.39 Å². The van der Waals surface area contributed by atoms with Crippen molar-refractivity contribution >= 4 is 5.91 Å². The average molecular weight is 279 g/mol. The van der Waals surface area contributed by atoms with Gasteiger partial charge in [-0.15, -0.1) is 0 Å². The van der Waals surface area contributed by atoms with Crippen molar-refractivity contribution in [3.63, 3.8) is 0 Å². The van der Waals surface area contributed by atoms with Crippen molar-refractivity contribution < 1.29 is 13.9 Å². The van der Waals surface area contributed by atoms with Crippen LogP contribution in [-0.2, 0) is 11.2 Å². The van der Waals surface area contributed by atoms with Crippen molar-refractivity contribution in [3.05, 3.63) is 29.6 Å². The first-order valence-corrected chi connectivity index (χ1v) is 7.31. The van der Waals surface area contributed by atoms with Gasteiger partial charge in [-0.3, -0.25) is 4.79 Å². The third-order valence-electron chi connectivity index (χ3n) is 3.81. The van der Waals surface area contributed by atoms with Gasteiger partial charge in [0.2, 0.25) is 5.91 Å². The molecule has 110 valence electrons. The van der Waals surface area contributed by atoms with Gasteiger partial charge in [0.15, 0.2) is 0 Å². The minimum atomic E-state index is -0.344. The number of methoxy groups -OCH3 is 1. The van der Waals surface area contributed by atoms with E-state index in [0.717, 1.165) is 12.8 Å². The summed E-state index contributed by atoms with van der Waals surface area (Å²) in [5, 5.41) is 3.06. The van der Waals surface area contributed by atoms with Gasteiger partial charge >= 0.3 is 0 Å². The summed E-state index contributed by atoms with van der Waals surface area (Å²) < 4.78 is 18.4. The number of hydrogen-bond donors (Lipinski definition) is 1. The molecule has 0 radical (unpaired) electrons. The van der Waals surface area contributed by atoms with Gasteiger partial charge in [0.25, 0.3) is 0 Å². The number of ether oxygens (including phenoxy) is 1. The Bertz CT molecular complexity index is 454. The predicted molar refractivity (Wildman–Crippen MR) is 76.3 cm³/mol. The normalized spacial score (nSPS) is 16.5. The lowest BCUT2D eigenvalue weighted by Crippen LogP contribution is -2.35. The molecule has 4 heteroatoms. The first-order chi connectivity index (χ1) is 9.69. The largest absolute Gasteiger partial charge is 0.496 e. The second-order valence-electron chi connectivity index (χ2n) is 5.39. The first kappa shape index (κ1) is 14.8. The molecule has 20 heavy (non-hydrogen) atoms. The van der Waals surface area contributed by atoms with Crippen LogP contribution < -0.4 is 10.1 Å². The highest BCUT2D eigenvalue weighted by Gasteiger charge is 2.16. The van der Waals surface area contributed by atoms with Crippen molar-refractivity contribution in [2.45, 2.75) is 51.0 Å². The molecule has 1 aromatic rings. The molecule has 0 unspecified atom stereocenters. The maximum Gasteiger partial charge on any atom is 0.224 e. The standard InChI is InChI=1S/C16H22FNO2/c1-20-15-9-8-13(17)10-12(15)11-16(19)18-14-6-4-2-3-5-7-14/h8-10,14H,2-7,11H2,1H3,(H,18,19). The molecule has 0 heterocycles. The molecule has 3 nitrogen and oxygen atoms in total. The summed E-state index contributed by atoms with van der Waals surface area (Å²) in [6, 6.07) is 4.53. The number of rotatable bonds is 4. The quantitative estimate of drug-likeness (QED) is 0.859. The smallest absolute Gasteiger partial charge is 0.224 e. The Balaban J connectivity index is 1.95. The number of hydrogen-bond acceptors (Lipinski definition) is 2. The molecule has 0 atom stereocenters. The van der Waals surface area contributed by atoms with E-state index in [2.05, 4.69) is 5.32 Å². The van der Waals surface area contributed by atoms with Gasteiger partial charge in [-0.05, 0) is 31.0 Å². The molecule has 0 bridgehead atoms. The SMILES string of the molecule is COc1ccc(F)cc1CC(=O)NC1CCCCCC1. The molecule has 1 N–H and O–H groups in total. The molecule has 1 saturated carbocycles. The van der Waals surface area contributed by atoms with Crippen LogP contribution in [0, 0.1) is 5.82 Å². The molecule has 0 spiro atoms. The second-order valence-corrected chi connectivity index (χ2v) is 5.39. The van der Waals surface area contributed by atoms with Gasteiger partial charge in [0, 0.05) is 11.6 Å². The van der Waals surface area contributed by atoms with Gasteiger partial charge in [-0.2, -0.15) is 0 Å². The zero-order chi connectivity index (χ0) is 14.4. The summed E-state index contributed by atoms with van der Waals surface area (Å²) in [7, 11) is 1.53. The number of halogens is 1. The summed E-state index contributed by atoms with van der Waals surface area (Å²) in [5.74, 6) is 0.159. The number of amides is 1. The Kier molecular flexibility index (Phi) is 5.39. The van der Waals surface area contributed by atoms with E-state index in [0.29, 0.717) is 11.3 Å². The summed E-state index contributed by atoms with van der Waals surface area (Å²) in [6.07, 6.45) is 7.12. The molecule has 1 aliphatic carbocycles. The second kappa shape index (κ2) is 7.27. The molecule has 1 amide bonds. The zero-order valence-corrected chi connectivity index (χ0v) is 12.0. The van der Waals surface area contributed by atoms with Gasteiger partial charge in [0.1, 0.15) is 11.6 Å². The Hall–Kier alpha value is -1.58. The van der Waals surface area contributed by atoms with Crippen LogP contribution >= 0.6 is 0 Å². The Morgan fingerprint density at radius 3 is 2.65 bits per heavy atom. The van der Waals surface area contributed by atoms with Gasteiger partial charge < -0.3 is 10.1 Å². The summed E-state index contributed by atoms with van der Waals surface area (Å²) >= 11 is 0. The first-order valence-electron chi connectivity index (χ1n) is 7.31. The fourth-order valence-corrected chi connectivity index (χ4v) is 2.76. The molecule has 0 saturated heterocycles. The van der Waals surface area contributed by atoms with E-state index < -0.39 is 0 Å². The van der Waals surface area contributed by atoms with Crippen LogP contribution in [0.15, 0.2) is 18.2 Å². The number of carbonyl (C=O) groups excluding carboxylic acids is 1. The van der Waals surface area contributed by atoms with Crippen LogP contribution in [0.2, 0.25) is 0 Å². The highest BCUT2D eigenvalue weighted by atomic mass is 19.1. The highest BCUT2D eigenvalue weighted by Crippen LogP contribution is 2.21. The van der Waals surface area contributed by atoms with Gasteiger partial charge in [-0.1, -0.05) is 25.7 Å². The molecule has 1 aromatic carbocycles. The van der Waals surface area contributed by atoms with Crippen LogP contribution in [0.3, 0.4) is 0 Å². The van der Waals surface area contributed by atoms with Gasteiger partial charge in [0.05, 0.1) is 13.5 Å². The van der Waals surface area contributed by atoms with Crippen LogP contribution in [0.25, 0.3) is 0 Å². The van der Waals surface area contributed by atoms with E-state index in [1.807, 2.05) is 0 Å². The van der Waals surface area contributed by atoms with Crippen LogP contribution in [0.1, 0.15) is 44.1 Å². The summed E-state index contributed by atoms with van der Waals surface area (Å²) in [6.45, 7) is 0. The minimum Gasteiger partial charge on any atom is -0.496 e. The van der Waals surface area contributed by atoms with Crippen molar-refractivity contribution in [1.29, 1.82) is 0 Å². The molecule has 0 aromatic heterocycles. The minimum absolute atomic E-state index is 0.0548. The predicted octanol–water partition coefficient (Wildman–Crippen LogP) is 3.22. The average Bonchev–Trinajstić information content (AvgIpc) is 2.67. The summed E-state index contributed by atoms with van der Waals surface area (Å²) in [5.41, 5.74) is 0.596. The number of benzene rings is 1. The Morgan fingerprint density at radius 1 is 1.30 bits per heavy atom. The third kappa shape index (κ3) is 4.22. The number of carbonyl (C=O) groups is 1. The fourth-order valence-electron chi connectivity index (χ4n) is 2.76. The van der Waals surface area contributed by atoms with E-state index in [1.54, 1.807) is 6.07 Å². The topological polar surface area (TPSA) is 38.3 Å². The van der Waals surface area contributed by atoms with Crippen LogP contribution in [-0.4, -0.2) is 19.1 Å². The van der Waals surface area contributed by atoms with E-state index in [-0.39, 0.29) is 24.2 Å². The Morgan fingerprint density at radius 2 is 2.00 bits per heavy atom. The van der Waals surface area contributed by atoms with Crippen molar-refractivity contribution in [3.8, 4) is 5.75 Å². The lowest BCUT2D eigenvalue weighted by molar-refractivity contribution is -0.121. The highest BCUT2D eigenvalue weighted by molar-refractivity contribution is 5.79. The summed E-state index contributed by atoms with van der Waals surface area (Å²) in [4.78, 5) is 12.1. The zero-order valence-electron chi connectivity index (χ0n) is 12.0. The third-order valence-corrected chi connectivity index (χ3v) is 3.81. The molecule has 1 aliphatic rings. The molecule has 1 fully saturated rings. The Labute approximate surface area is 119 Å². The van der Waals surface area contributed by atoms with Crippen molar-refractivity contribution in [1.82, 2.24) is 5.32 Å². The molecular formula is C16H22FNO2. The maximum absolute atomic E-state index is 13.3. The van der Waals surface area contributed by atoms with Crippen LogP contribution in [0.4, 0.5) is 4.39 Å². The molecule has 0 aliphatic heterocycles. The lowest BCUT2D eigenvalue weighted by Gasteiger charge is -2.16. The van der Waals surface area contributed by atoms with E-state index in [1.165, 1.54) is 44.9 Å². The molecular weight excluding hydrogens is 257 g/mol.